The summed E-state index contributed by atoms with van der Waals surface area (Å²) in [7, 11) is 1.27. The largest absolute Gasteiger partial charge is 0.394 e. The highest BCUT2D eigenvalue weighted by Crippen LogP contribution is 2.30. The minimum absolute atomic E-state index is 0.529. The molecule has 3 rings (SSSR count). The van der Waals surface area contributed by atoms with E-state index < -0.39 is 105 Å². The lowest BCUT2D eigenvalue weighted by Crippen LogP contribution is -2.64. The molecule has 0 saturated carbocycles. The third kappa shape index (κ3) is 5.54. The Morgan fingerprint density at radius 3 is 1.79 bits per heavy atom. The van der Waals surface area contributed by atoms with Crippen LogP contribution in [-0.4, -0.2) is 158 Å². The molecule has 3 saturated heterocycles. The molecule has 0 amide bonds. The van der Waals surface area contributed by atoms with Crippen molar-refractivity contribution in [2.45, 2.75) is 99.0 Å². The molecule has 3 aliphatic rings. The van der Waals surface area contributed by atoms with E-state index in [1.165, 1.54) is 14.0 Å². The fourth-order valence-corrected chi connectivity index (χ4v) is 4.18. The Hall–Kier alpha value is -0.600. The molecule has 3 fully saturated rings. The summed E-state index contributed by atoms with van der Waals surface area (Å²) in [6, 6.07) is 0. The molecule has 0 aromatic heterocycles. The van der Waals surface area contributed by atoms with E-state index in [4.69, 9.17) is 28.4 Å². The molecule has 0 aromatic carbocycles. The molecular formula is C19H34O15. The average Bonchev–Trinajstić information content (AvgIpc) is 2.81. The topological polar surface area (TPSA) is 237 Å². The standard InChI is InChI=1S/C19H34O15/c1-5-15(16(29-2)14(27)17(28)31-5)34-19-13(26)11(24)9(22)7(33-19)4-30-18-12(25)10(23)8(21)6(3-20)32-18/h5-28H,3-4H2,1-2H3/t5-,6+,7+,8+,9+,10-,11-,12+,13+,14+,15-,16-,17+,18+,19-/m0/s1. The van der Waals surface area contributed by atoms with E-state index in [0.717, 1.165) is 0 Å². The minimum atomic E-state index is -1.75. The summed E-state index contributed by atoms with van der Waals surface area (Å²) in [5, 5.41) is 89.9. The quantitative estimate of drug-likeness (QED) is 0.157. The van der Waals surface area contributed by atoms with Gasteiger partial charge in [0, 0.05) is 7.11 Å². The Morgan fingerprint density at radius 2 is 1.21 bits per heavy atom. The van der Waals surface area contributed by atoms with Crippen LogP contribution in [-0.2, 0) is 28.4 Å². The van der Waals surface area contributed by atoms with Crippen molar-refractivity contribution in [2.24, 2.45) is 0 Å². The first-order chi connectivity index (χ1) is 16.0. The smallest absolute Gasteiger partial charge is 0.187 e. The monoisotopic (exact) mass is 502 g/mol. The molecule has 15 nitrogen and oxygen atoms in total. The fourth-order valence-electron chi connectivity index (χ4n) is 4.18. The highest BCUT2D eigenvalue weighted by atomic mass is 16.7. The number of hydrogen-bond acceptors (Lipinski definition) is 15. The predicted octanol–water partition coefficient (Wildman–Crippen LogP) is -5.89. The van der Waals surface area contributed by atoms with Crippen molar-refractivity contribution in [3.05, 3.63) is 0 Å². The molecular weight excluding hydrogens is 468 g/mol. The van der Waals surface area contributed by atoms with Gasteiger partial charge in [-0.1, -0.05) is 0 Å². The van der Waals surface area contributed by atoms with Crippen LogP contribution in [0.5, 0.6) is 0 Å². The van der Waals surface area contributed by atoms with Gasteiger partial charge in [0.1, 0.15) is 67.1 Å². The maximum atomic E-state index is 10.4. The first kappa shape index (κ1) is 28.0. The molecule has 34 heavy (non-hydrogen) atoms. The van der Waals surface area contributed by atoms with Crippen LogP contribution >= 0.6 is 0 Å². The second-order valence-corrected chi connectivity index (χ2v) is 8.57. The normalized spacial score (nSPS) is 52.5. The summed E-state index contributed by atoms with van der Waals surface area (Å²) >= 11 is 0. The predicted molar refractivity (Wildman–Crippen MR) is 105 cm³/mol. The highest BCUT2D eigenvalue weighted by Gasteiger charge is 2.51. The number of hydrogen-bond donors (Lipinski definition) is 9. The molecule has 15 atom stereocenters. The molecule has 0 unspecified atom stereocenters. The molecule has 0 bridgehead atoms. The summed E-state index contributed by atoms with van der Waals surface area (Å²) < 4.78 is 32.2. The summed E-state index contributed by atoms with van der Waals surface area (Å²) in [6.07, 6.45) is -21.7. The maximum Gasteiger partial charge on any atom is 0.187 e. The molecule has 0 aromatic rings. The minimum Gasteiger partial charge on any atom is -0.394 e. The van der Waals surface area contributed by atoms with Gasteiger partial charge in [-0.3, -0.25) is 0 Å². The summed E-state index contributed by atoms with van der Waals surface area (Å²) in [4.78, 5) is 0. The van der Waals surface area contributed by atoms with Crippen LogP contribution in [0.4, 0.5) is 0 Å². The van der Waals surface area contributed by atoms with Crippen molar-refractivity contribution in [1.29, 1.82) is 0 Å². The Balaban J connectivity index is 1.66. The lowest BCUT2D eigenvalue weighted by atomic mass is 9.97. The highest BCUT2D eigenvalue weighted by molar-refractivity contribution is 4.94. The molecule has 9 N–H and O–H groups in total. The molecule has 200 valence electrons. The number of aliphatic hydroxyl groups excluding tert-OH is 9. The maximum absolute atomic E-state index is 10.4. The van der Waals surface area contributed by atoms with Gasteiger partial charge in [-0.05, 0) is 6.92 Å². The van der Waals surface area contributed by atoms with E-state index in [1.807, 2.05) is 0 Å². The van der Waals surface area contributed by atoms with Crippen LogP contribution in [0.2, 0.25) is 0 Å². The van der Waals surface area contributed by atoms with Gasteiger partial charge < -0.3 is 74.4 Å². The van der Waals surface area contributed by atoms with E-state index >= 15 is 0 Å². The van der Waals surface area contributed by atoms with Gasteiger partial charge in [-0.2, -0.15) is 0 Å². The molecule has 0 spiro atoms. The summed E-state index contributed by atoms with van der Waals surface area (Å²) in [5.41, 5.74) is 0. The van der Waals surface area contributed by atoms with E-state index in [1.54, 1.807) is 0 Å². The Labute approximate surface area is 194 Å². The van der Waals surface area contributed by atoms with Gasteiger partial charge in [-0.15, -0.1) is 0 Å². The van der Waals surface area contributed by atoms with E-state index in [0.29, 0.717) is 0 Å². The van der Waals surface area contributed by atoms with Gasteiger partial charge >= 0.3 is 0 Å². The Morgan fingerprint density at radius 1 is 0.647 bits per heavy atom. The van der Waals surface area contributed by atoms with Gasteiger partial charge in [0.05, 0.1) is 19.3 Å². The first-order valence-electron chi connectivity index (χ1n) is 10.8. The summed E-state index contributed by atoms with van der Waals surface area (Å²) in [5.74, 6) is 0. The van der Waals surface area contributed by atoms with Gasteiger partial charge in [0.15, 0.2) is 18.9 Å². The van der Waals surface area contributed by atoms with Crippen LogP contribution < -0.4 is 0 Å². The third-order valence-electron chi connectivity index (χ3n) is 6.27. The van der Waals surface area contributed by atoms with Crippen LogP contribution in [0.15, 0.2) is 0 Å². The van der Waals surface area contributed by atoms with Crippen molar-refractivity contribution in [2.75, 3.05) is 20.3 Å². The molecule has 3 aliphatic heterocycles. The van der Waals surface area contributed by atoms with Crippen molar-refractivity contribution in [3.8, 4) is 0 Å². The lowest BCUT2D eigenvalue weighted by molar-refractivity contribution is -0.360. The van der Waals surface area contributed by atoms with Gasteiger partial charge in [0.2, 0.25) is 0 Å². The molecule has 0 radical (unpaired) electrons. The SMILES string of the molecule is CO[C@H]1[C@@H](O)[C@H](O)O[C@@H](C)[C@@H]1O[C@@H]1O[C@H](CO[C@@H]2O[C@H](CO)[C@@H](O)[C@H](O)[C@H]2O)[C@@H](O)[C@H](O)[C@H]1O. The zero-order chi connectivity index (χ0) is 25.3. The number of ether oxygens (including phenoxy) is 6. The van der Waals surface area contributed by atoms with Gasteiger partial charge in [-0.25, -0.2) is 0 Å². The zero-order valence-corrected chi connectivity index (χ0v) is 18.5. The molecule has 0 aliphatic carbocycles. The zero-order valence-electron chi connectivity index (χ0n) is 18.5. The third-order valence-corrected chi connectivity index (χ3v) is 6.27. The van der Waals surface area contributed by atoms with Crippen LogP contribution in [0.25, 0.3) is 0 Å². The lowest BCUT2D eigenvalue weighted by Gasteiger charge is -2.46. The second kappa shape index (κ2) is 11.6. The van der Waals surface area contributed by atoms with Crippen LogP contribution in [0.1, 0.15) is 6.92 Å². The van der Waals surface area contributed by atoms with Crippen LogP contribution in [0, 0.1) is 0 Å². The number of aliphatic hydroxyl groups is 9. The van der Waals surface area contributed by atoms with E-state index in [2.05, 4.69) is 0 Å². The second-order valence-electron chi connectivity index (χ2n) is 8.57. The Bertz CT molecular complexity index is 639. The number of rotatable bonds is 7. The first-order valence-corrected chi connectivity index (χ1v) is 10.8. The van der Waals surface area contributed by atoms with Crippen molar-refractivity contribution in [3.63, 3.8) is 0 Å². The van der Waals surface area contributed by atoms with Crippen molar-refractivity contribution >= 4 is 0 Å². The molecule has 15 heteroatoms. The number of methoxy groups -OCH3 is 1. The van der Waals surface area contributed by atoms with E-state index in [9.17, 15) is 46.0 Å². The van der Waals surface area contributed by atoms with Crippen molar-refractivity contribution < 1.29 is 74.4 Å². The van der Waals surface area contributed by atoms with Crippen LogP contribution in [0.3, 0.4) is 0 Å². The average molecular weight is 502 g/mol. The summed E-state index contributed by atoms with van der Waals surface area (Å²) in [6.45, 7) is 0.322. The fraction of sp³-hybridized carbons (Fsp3) is 1.00. The van der Waals surface area contributed by atoms with Crippen molar-refractivity contribution in [1.82, 2.24) is 0 Å². The Kier molecular flexibility index (Phi) is 9.57. The molecule has 3 heterocycles. The van der Waals surface area contributed by atoms with Gasteiger partial charge in [0.25, 0.3) is 0 Å². The van der Waals surface area contributed by atoms with E-state index in [-0.39, 0.29) is 0 Å².